The van der Waals surface area contributed by atoms with Crippen molar-refractivity contribution in [3.05, 3.63) is 39.6 Å². The fraction of sp³-hybridized carbons (Fsp3) is 0.200. The number of nitrogens with one attached hydrogen (secondary N) is 1. The average molecular weight is 380 g/mol. The van der Waals surface area contributed by atoms with Gasteiger partial charge in [-0.25, -0.2) is 4.79 Å². The molecular formula is C15H14ClN5O3S. The van der Waals surface area contributed by atoms with Gasteiger partial charge in [0.15, 0.2) is 0 Å². The Balaban J connectivity index is 2.00. The van der Waals surface area contributed by atoms with Crippen molar-refractivity contribution >= 4 is 40.5 Å². The minimum Gasteiger partial charge on any atom is -0.478 e. The number of hydrogen-bond acceptors (Lipinski definition) is 5. The third-order valence-corrected chi connectivity index (χ3v) is 5.05. The van der Waals surface area contributed by atoms with E-state index in [9.17, 15) is 14.7 Å². The van der Waals surface area contributed by atoms with E-state index in [1.54, 1.807) is 30.2 Å². The number of rotatable bonds is 4. The molecular weight excluding hydrogens is 366 g/mol. The second-order valence-corrected chi connectivity index (χ2v) is 6.62. The molecule has 0 spiro atoms. The Kier molecular flexibility index (Phi) is 4.36. The Morgan fingerprint density at radius 1 is 1.32 bits per heavy atom. The number of carbonyl (C=O) groups is 2. The molecule has 0 saturated carbocycles. The molecule has 8 nitrogen and oxygen atoms in total. The van der Waals surface area contributed by atoms with E-state index >= 15 is 0 Å². The fourth-order valence-electron chi connectivity index (χ4n) is 2.44. The molecule has 0 radical (unpaired) electrons. The Morgan fingerprint density at radius 3 is 2.56 bits per heavy atom. The molecule has 3 aromatic rings. The smallest absolute Gasteiger partial charge is 0.339 e. The zero-order chi connectivity index (χ0) is 18.3. The molecule has 0 unspecified atom stereocenters. The molecule has 0 aliphatic carbocycles. The van der Waals surface area contributed by atoms with Gasteiger partial charge in [-0.1, -0.05) is 11.6 Å². The molecule has 0 fully saturated rings. The van der Waals surface area contributed by atoms with Gasteiger partial charge >= 0.3 is 5.97 Å². The summed E-state index contributed by atoms with van der Waals surface area (Å²) in [4.78, 5) is 24.7. The van der Waals surface area contributed by atoms with Crippen molar-refractivity contribution in [3.8, 4) is 10.6 Å². The van der Waals surface area contributed by atoms with Gasteiger partial charge in [-0.15, -0.1) is 11.3 Å². The minimum absolute atomic E-state index is 0.0152. The molecule has 3 heterocycles. The summed E-state index contributed by atoms with van der Waals surface area (Å²) in [6, 6.07) is 1.79. The second-order valence-electron chi connectivity index (χ2n) is 5.38. The number of anilines is 1. The standard InChI is InChI=1S/C15H14ClN5O3S/c1-7-4-10(20(2)19-7)12-11(15(23)24)9(6-25-12)18-14(22)8-5-17-21(3)13(8)16/h4-6H,1-3H3,(H,18,22)(H,23,24). The van der Waals surface area contributed by atoms with Crippen LogP contribution in [-0.4, -0.2) is 36.5 Å². The minimum atomic E-state index is -1.14. The predicted octanol–water partition coefficient (Wildman–Crippen LogP) is 2.79. The van der Waals surface area contributed by atoms with Crippen molar-refractivity contribution in [1.29, 1.82) is 0 Å². The number of thiophene rings is 1. The maximum Gasteiger partial charge on any atom is 0.339 e. The molecule has 25 heavy (non-hydrogen) atoms. The molecule has 2 N–H and O–H groups in total. The van der Waals surface area contributed by atoms with E-state index in [4.69, 9.17) is 11.6 Å². The molecule has 0 aliphatic rings. The molecule has 1 amide bonds. The van der Waals surface area contributed by atoms with E-state index in [1.807, 2.05) is 6.92 Å². The zero-order valence-electron chi connectivity index (χ0n) is 13.6. The van der Waals surface area contributed by atoms with Gasteiger partial charge in [-0.05, 0) is 13.0 Å². The van der Waals surface area contributed by atoms with Crippen molar-refractivity contribution in [2.45, 2.75) is 6.92 Å². The monoisotopic (exact) mass is 379 g/mol. The van der Waals surface area contributed by atoms with Crippen LogP contribution in [0.4, 0.5) is 5.69 Å². The van der Waals surface area contributed by atoms with E-state index in [0.29, 0.717) is 10.6 Å². The summed E-state index contributed by atoms with van der Waals surface area (Å²) >= 11 is 7.23. The van der Waals surface area contributed by atoms with E-state index in [0.717, 1.165) is 5.69 Å². The van der Waals surface area contributed by atoms with Gasteiger partial charge in [0, 0.05) is 19.5 Å². The van der Waals surface area contributed by atoms with Crippen LogP contribution in [0.15, 0.2) is 17.6 Å². The molecule has 3 aromatic heterocycles. The van der Waals surface area contributed by atoms with E-state index in [-0.39, 0.29) is 22.0 Å². The van der Waals surface area contributed by atoms with Crippen LogP contribution < -0.4 is 5.32 Å². The van der Waals surface area contributed by atoms with Crippen LogP contribution in [0, 0.1) is 6.92 Å². The number of aromatic nitrogens is 4. The van der Waals surface area contributed by atoms with Gasteiger partial charge in [-0.2, -0.15) is 10.2 Å². The number of aromatic carboxylic acids is 1. The molecule has 0 aliphatic heterocycles. The largest absolute Gasteiger partial charge is 0.478 e. The number of nitrogens with zero attached hydrogens (tertiary/aromatic N) is 4. The number of aryl methyl sites for hydroxylation is 3. The first-order valence-electron chi connectivity index (χ1n) is 7.14. The van der Waals surface area contributed by atoms with Gasteiger partial charge in [0.05, 0.1) is 33.7 Å². The molecule has 10 heteroatoms. The zero-order valence-corrected chi connectivity index (χ0v) is 15.1. The summed E-state index contributed by atoms with van der Waals surface area (Å²) in [5.74, 6) is -1.66. The first kappa shape index (κ1) is 17.2. The first-order chi connectivity index (χ1) is 11.8. The number of carboxylic acid groups (broad SMARTS) is 1. The third-order valence-electron chi connectivity index (χ3n) is 3.60. The lowest BCUT2D eigenvalue weighted by Crippen LogP contribution is -2.14. The summed E-state index contributed by atoms with van der Waals surface area (Å²) in [5.41, 5.74) is 1.83. The van der Waals surface area contributed by atoms with E-state index in [2.05, 4.69) is 15.5 Å². The Hall–Kier alpha value is -2.65. The first-order valence-corrected chi connectivity index (χ1v) is 8.40. The summed E-state index contributed by atoms with van der Waals surface area (Å²) in [6.45, 7) is 1.82. The van der Waals surface area contributed by atoms with Crippen molar-refractivity contribution in [1.82, 2.24) is 19.6 Å². The van der Waals surface area contributed by atoms with Gasteiger partial charge < -0.3 is 10.4 Å². The van der Waals surface area contributed by atoms with Crippen molar-refractivity contribution in [2.24, 2.45) is 14.1 Å². The van der Waals surface area contributed by atoms with Crippen molar-refractivity contribution < 1.29 is 14.7 Å². The lowest BCUT2D eigenvalue weighted by atomic mass is 10.1. The summed E-state index contributed by atoms with van der Waals surface area (Å²) in [6.07, 6.45) is 1.33. The number of hydrogen-bond donors (Lipinski definition) is 2. The highest BCUT2D eigenvalue weighted by Crippen LogP contribution is 2.36. The van der Waals surface area contributed by atoms with Crippen molar-refractivity contribution in [2.75, 3.05) is 5.32 Å². The second kappa shape index (κ2) is 6.34. The average Bonchev–Trinajstić information content (AvgIpc) is 3.18. The van der Waals surface area contributed by atoms with Crippen molar-refractivity contribution in [3.63, 3.8) is 0 Å². The maximum atomic E-state index is 12.4. The van der Waals surface area contributed by atoms with Crippen LogP contribution in [0.3, 0.4) is 0 Å². The molecule has 130 valence electrons. The highest BCUT2D eigenvalue weighted by molar-refractivity contribution is 7.14. The Morgan fingerprint density at radius 2 is 2.04 bits per heavy atom. The Bertz CT molecular complexity index is 988. The lowest BCUT2D eigenvalue weighted by molar-refractivity contribution is 0.0699. The van der Waals surface area contributed by atoms with Crippen LogP contribution in [-0.2, 0) is 14.1 Å². The quantitative estimate of drug-likeness (QED) is 0.725. The van der Waals surface area contributed by atoms with Crippen LogP contribution in [0.25, 0.3) is 10.6 Å². The molecule has 0 bridgehead atoms. The highest BCUT2D eigenvalue weighted by atomic mass is 35.5. The Labute approximate surface area is 151 Å². The summed E-state index contributed by atoms with van der Waals surface area (Å²) < 4.78 is 2.96. The topological polar surface area (TPSA) is 102 Å². The lowest BCUT2D eigenvalue weighted by Gasteiger charge is -2.06. The van der Waals surface area contributed by atoms with E-state index < -0.39 is 11.9 Å². The van der Waals surface area contributed by atoms with Crippen LogP contribution >= 0.6 is 22.9 Å². The SMILES string of the molecule is Cc1cc(-c2scc(NC(=O)c3cnn(C)c3Cl)c2C(=O)O)n(C)n1. The molecule has 0 saturated heterocycles. The summed E-state index contributed by atoms with van der Waals surface area (Å²) in [7, 11) is 3.34. The van der Waals surface area contributed by atoms with Gasteiger partial charge in [-0.3, -0.25) is 14.2 Å². The van der Waals surface area contributed by atoms with Gasteiger partial charge in [0.2, 0.25) is 0 Å². The van der Waals surface area contributed by atoms with Crippen LogP contribution in [0.2, 0.25) is 5.15 Å². The normalized spacial score (nSPS) is 10.9. The number of amides is 1. The maximum absolute atomic E-state index is 12.4. The number of halogens is 1. The van der Waals surface area contributed by atoms with Crippen LogP contribution in [0.1, 0.15) is 26.4 Å². The van der Waals surface area contributed by atoms with Gasteiger partial charge in [0.25, 0.3) is 5.91 Å². The summed E-state index contributed by atoms with van der Waals surface area (Å²) in [5, 5.41) is 22.1. The third kappa shape index (κ3) is 3.03. The fourth-order valence-corrected chi connectivity index (χ4v) is 3.66. The number of carboxylic acids is 1. The molecule has 0 aromatic carbocycles. The highest BCUT2D eigenvalue weighted by Gasteiger charge is 2.24. The predicted molar refractivity (Wildman–Crippen MR) is 94.4 cm³/mol. The molecule has 3 rings (SSSR count). The molecule has 0 atom stereocenters. The number of carbonyl (C=O) groups excluding carboxylic acids is 1. The van der Waals surface area contributed by atoms with Crippen LogP contribution in [0.5, 0.6) is 0 Å². The van der Waals surface area contributed by atoms with E-state index in [1.165, 1.54) is 22.2 Å². The van der Waals surface area contributed by atoms with Gasteiger partial charge in [0.1, 0.15) is 10.7 Å².